The smallest absolute Gasteiger partial charge is 0.239 e. The van der Waals surface area contributed by atoms with Gasteiger partial charge in [0, 0.05) is 58.3 Å². The number of rotatable bonds is 8. The summed E-state index contributed by atoms with van der Waals surface area (Å²) >= 11 is 0. The van der Waals surface area contributed by atoms with E-state index in [0.29, 0.717) is 43.8 Å². The highest BCUT2D eigenvalue weighted by Gasteiger charge is 2.27. The second-order valence-electron chi connectivity index (χ2n) is 8.14. The molecule has 2 aliphatic rings. The van der Waals surface area contributed by atoms with Crippen LogP contribution in [0.4, 0.5) is 17.3 Å². The number of aromatic nitrogens is 3. The number of carbonyl (C=O) groups is 1. The molecule has 0 aliphatic carbocycles. The molecular formula is C22H31N7O3. The van der Waals surface area contributed by atoms with E-state index >= 15 is 0 Å². The summed E-state index contributed by atoms with van der Waals surface area (Å²) in [5.41, 5.74) is 7.34. The molecule has 3 N–H and O–H groups in total. The lowest BCUT2D eigenvalue weighted by atomic mass is 10.0. The van der Waals surface area contributed by atoms with E-state index in [-0.39, 0.29) is 12.5 Å². The van der Waals surface area contributed by atoms with Crippen LogP contribution in [0.25, 0.3) is 11.4 Å². The monoisotopic (exact) mass is 441 g/mol. The van der Waals surface area contributed by atoms with Gasteiger partial charge in [-0.3, -0.25) is 4.79 Å². The molecule has 0 radical (unpaired) electrons. The van der Waals surface area contributed by atoms with Crippen molar-refractivity contribution in [3.63, 3.8) is 0 Å². The zero-order valence-corrected chi connectivity index (χ0v) is 18.5. The quantitative estimate of drug-likeness (QED) is 0.617. The number of anilines is 3. The summed E-state index contributed by atoms with van der Waals surface area (Å²) in [5, 5.41) is 3.09. The van der Waals surface area contributed by atoms with Gasteiger partial charge in [0.05, 0.1) is 25.0 Å². The van der Waals surface area contributed by atoms with E-state index in [9.17, 15) is 4.79 Å². The molecule has 0 saturated carbocycles. The molecule has 1 amide bonds. The van der Waals surface area contributed by atoms with Gasteiger partial charge in [-0.25, -0.2) is 15.0 Å². The molecule has 2 aliphatic heterocycles. The summed E-state index contributed by atoms with van der Waals surface area (Å²) in [6.07, 6.45) is 5.45. The third-order valence-electron chi connectivity index (χ3n) is 5.90. The second-order valence-corrected chi connectivity index (χ2v) is 8.14. The normalized spacial score (nSPS) is 16.7. The third-order valence-corrected chi connectivity index (χ3v) is 5.90. The van der Waals surface area contributed by atoms with Crippen LogP contribution in [0.1, 0.15) is 12.8 Å². The molecule has 0 unspecified atom stereocenters. The molecule has 4 rings (SSSR count). The number of nitrogen functional groups attached to an aromatic ring is 1. The van der Waals surface area contributed by atoms with Crippen molar-refractivity contribution >= 4 is 23.2 Å². The molecule has 1 fully saturated rings. The van der Waals surface area contributed by atoms with Gasteiger partial charge in [0.1, 0.15) is 5.82 Å². The van der Waals surface area contributed by atoms with Crippen LogP contribution < -0.4 is 20.9 Å². The van der Waals surface area contributed by atoms with Gasteiger partial charge < -0.3 is 30.3 Å². The summed E-state index contributed by atoms with van der Waals surface area (Å²) in [4.78, 5) is 30.4. The number of nitrogens with zero attached hydrogens (tertiary/aromatic N) is 5. The van der Waals surface area contributed by atoms with Crippen LogP contribution in [-0.4, -0.2) is 80.5 Å². The Morgan fingerprint density at radius 2 is 2.03 bits per heavy atom. The van der Waals surface area contributed by atoms with Crippen LogP contribution in [0.2, 0.25) is 0 Å². The molecule has 0 atom stereocenters. The Bertz CT molecular complexity index is 903. The molecule has 10 nitrogen and oxygen atoms in total. The Kier molecular flexibility index (Phi) is 7.33. The average Bonchev–Trinajstić information content (AvgIpc) is 2.83. The minimum absolute atomic E-state index is 0.0135. The van der Waals surface area contributed by atoms with Crippen molar-refractivity contribution < 1.29 is 14.3 Å². The van der Waals surface area contributed by atoms with E-state index in [2.05, 4.69) is 20.2 Å². The number of hydrogen-bond acceptors (Lipinski definition) is 9. The van der Waals surface area contributed by atoms with Crippen LogP contribution in [0.15, 0.2) is 24.5 Å². The van der Waals surface area contributed by atoms with E-state index in [4.69, 9.17) is 20.2 Å². The molecule has 2 aromatic rings. The number of methoxy groups -OCH3 is 1. The molecule has 0 spiro atoms. The lowest BCUT2D eigenvalue weighted by Crippen LogP contribution is -2.47. The fraction of sp³-hybridized carbons (Fsp3) is 0.545. The lowest BCUT2D eigenvalue weighted by molar-refractivity contribution is -0.120. The number of nitrogens with one attached hydrogen (secondary N) is 1. The van der Waals surface area contributed by atoms with Gasteiger partial charge in [0.15, 0.2) is 11.6 Å². The van der Waals surface area contributed by atoms with Gasteiger partial charge >= 0.3 is 0 Å². The Morgan fingerprint density at radius 1 is 1.22 bits per heavy atom. The maximum absolute atomic E-state index is 12.7. The van der Waals surface area contributed by atoms with Crippen molar-refractivity contribution in [2.24, 2.45) is 5.92 Å². The molecule has 0 bridgehead atoms. The third kappa shape index (κ3) is 5.43. The maximum Gasteiger partial charge on any atom is 0.239 e. The molecule has 2 aromatic heterocycles. The van der Waals surface area contributed by atoms with Gasteiger partial charge in [0.25, 0.3) is 0 Å². The fourth-order valence-electron chi connectivity index (χ4n) is 3.99. The second kappa shape index (κ2) is 10.6. The van der Waals surface area contributed by atoms with Crippen LogP contribution in [-0.2, 0) is 14.3 Å². The highest BCUT2D eigenvalue weighted by atomic mass is 16.5. The molecule has 1 saturated heterocycles. The summed E-state index contributed by atoms with van der Waals surface area (Å²) in [7, 11) is 1.69. The van der Waals surface area contributed by atoms with Crippen molar-refractivity contribution in [2.45, 2.75) is 12.8 Å². The van der Waals surface area contributed by atoms with Crippen molar-refractivity contribution in [3.8, 4) is 11.4 Å². The predicted octanol–water partition coefficient (Wildman–Crippen LogP) is 0.936. The molecule has 172 valence electrons. The average molecular weight is 442 g/mol. The number of pyridine rings is 1. The van der Waals surface area contributed by atoms with Crippen molar-refractivity contribution in [2.75, 3.05) is 75.2 Å². The van der Waals surface area contributed by atoms with E-state index < -0.39 is 0 Å². The van der Waals surface area contributed by atoms with E-state index in [0.717, 1.165) is 49.7 Å². The fourth-order valence-corrected chi connectivity index (χ4v) is 3.99. The van der Waals surface area contributed by atoms with E-state index in [1.54, 1.807) is 25.6 Å². The molecule has 10 heteroatoms. The first-order valence-electron chi connectivity index (χ1n) is 11.1. The number of nitrogens with two attached hydrogens (primary N) is 1. The molecule has 32 heavy (non-hydrogen) atoms. The van der Waals surface area contributed by atoms with E-state index in [1.807, 2.05) is 11.0 Å². The first-order chi connectivity index (χ1) is 15.6. The number of carbonyl (C=O) groups excluding carboxylic acids is 1. The van der Waals surface area contributed by atoms with Crippen LogP contribution in [0.5, 0.6) is 0 Å². The van der Waals surface area contributed by atoms with Crippen LogP contribution >= 0.6 is 0 Å². The van der Waals surface area contributed by atoms with Crippen LogP contribution in [0.3, 0.4) is 0 Å². The first kappa shape index (κ1) is 22.2. The zero-order valence-electron chi connectivity index (χ0n) is 18.5. The minimum atomic E-state index is 0.0135. The number of amides is 1. The Labute approximate surface area is 188 Å². The highest BCUT2D eigenvalue weighted by molar-refractivity contribution is 5.83. The van der Waals surface area contributed by atoms with Gasteiger partial charge in [0.2, 0.25) is 5.91 Å². The Balaban J connectivity index is 1.49. The SMILES string of the molecule is COCCN1CCN(CC(=O)NCC2CCOCC2)c2cnc(-c3ccc(N)nc3)nc21. The zero-order chi connectivity index (χ0) is 22.3. The highest BCUT2D eigenvalue weighted by Crippen LogP contribution is 2.32. The van der Waals surface area contributed by atoms with Gasteiger partial charge in [-0.2, -0.15) is 0 Å². The van der Waals surface area contributed by atoms with Crippen molar-refractivity contribution in [1.29, 1.82) is 0 Å². The lowest BCUT2D eigenvalue weighted by Gasteiger charge is -2.37. The first-order valence-corrected chi connectivity index (χ1v) is 11.1. The van der Waals surface area contributed by atoms with Crippen molar-refractivity contribution in [1.82, 2.24) is 20.3 Å². The molecular weight excluding hydrogens is 410 g/mol. The molecule has 0 aromatic carbocycles. The summed E-state index contributed by atoms with van der Waals surface area (Å²) < 4.78 is 10.7. The van der Waals surface area contributed by atoms with E-state index in [1.165, 1.54) is 0 Å². The van der Waals surface area contributed by atoms with Crippen molar-refractivity contribution in [3.05, 3.63) is 24.5 Å². The predicted molar refractivity (Wildman–Crippen MR) is 123 cm³/mol. The Hall–Kier alpha value is -2.98. The topological polar surface area (TPSA) is 119 Å². The largest absolute Gasteiger partial charge is 0.384 e. The Morgan fingerprint density at radius 3 is 2.78 bits per heavy atom. The van der Waals surface area contributed by atoms with Gasteiger partial charge in [-0.15, -0.1) is 0 Å². The summed E-state index contributed by atoms with van der Waals surface area (Å²) in [5.74, 6) is 2.33. The minimum Gasteiger partial charge on any atom is -0.384 e. The maximum atomic E-state index is 12.7. The number of fused-ring (bicyclic) bond motifs is 1. The summed E-state index contributed by atoms with van der Waals surface area (Å²) in [6.45, 7) is 5.30. The van der Waals surface area contributed by atoms with Crippen LogP contribution in [0, 0.1) is 5.92 Å². The number of hydrogen-bond donors (Lipinski definition) is 2. The van der Waals surface area contributed by atoms with Gasteiger partial charge in [-0.05, 0) is 30.9 Å². The molecule has 4 heterocycles. The number of ether oxygens (including phenoxy) is 2. The van der Waals surface area contributed by atoms with Gasteiger partial charge in [-0.1, -0.05) is 0 Å². The standard InChI is InChI=1S/C22H31N7O3/c1-31-11-8-28-6-7-29(15-20(30)25-12-16-4-9-32-10-5-16)18-14-26-21(27-22(18)28)17-2-3-19(23)24-13-17/h2-3,13-14,16H,4-12,15H2,1H3,(H2,23,24)(H,25,30). The summed E-state index contributed by atoms with van der Waals surface area (Å²) in [6, 6.07) is 3.59.